The van der Waals surface area contributed by atoms with Gasteiger partial charge in [0.1, 0.15) is 0 Å². The fraction of sp³-hybridized carbons (Fsp3) is 0.714. The van der Waals surface area contributed by atoms with Crippen LogP contribution in [0, 0.1) is 19.8 Å². The average molecular weight is 254 g/mol. The molecule has 1 heterocycles. The number of rotatable bonds is 6. The smallest absolute Gasteiger partial charge is 0.0237 e. The summed E-state index contributed by atoms with van der Waals surface area (Å²) in [6.07, 6.45) is 0. The third-order valence-electron chi connectivity index (χ3n) is 3.25. The maximum Gasteiger partial charge on any atom is 0.0237 e. The molecule has 0 aliphatic rings. The van der Waals surface area contributed by atoms with Crippen LogP contribution in [0.15, 0.2) is 6.07 Å². The number of nitrogens with zero attached hydrogens (tertiary/aromatic N) is 1. The van der Waals surface area contributed by atoms with E-state index in [9.17, 15) is 0 Å². The molecule has 1 aromatic heterocycles. The van der Waals surface area contributed by atoms with E-state index in [2.05, 4.69) is 58.1 Å². The minimum Gasteiger partial charge on any atom is -0.311 e. The Kier molecular flexibility index (Phi) is 5.63. The normalized spacial score (nSPS) is 13.6. The zero-order valence-corrected chi connectivity index (χ0v) is 12.8. The molecular formula is C14H26N2S. The summed E-state index contributed by atoms with van der Waals surface area (Å²) >= 11 is 1.89. The topological polar surface area (TPSA) is 15.3 Å². The molecule has 17 heavy (non-hydrogen) atoms. The standard InChI is InChI=1S/C14H26N2S/c1-10(2)14(16(5)6)9-15-8-13-7-11(3)17-12(13)4/h7,10,14-15H,8-9H2,1-6H3. The van der Waals surface area contributed by atoms with Crippen LogP contribution in [0.4, 0.5) is 0 Å². The highest BCUT2D eigenvalue weighted by molar-refractivity contribution is 7.12. The van der Waals surface area contributed by atoms with Gasteiger partial charge in [-0.15, -0.1) is 11.3 Å². The quantitative estimate of drug-likeness (QED) is 0.839. The number of hydrogen-bond donors (Lipinski definition) is 1. The fourth-order valence-corrected chi connectivity index (χ4v) is 3.17. The first-order chi connectivity index (χ1) is 7.91. The molecule has 3 heteroatoms. The third kappa shape index (κ3) is 4.41. The first kappa shape index (κ1) is 14.7. The van der Waals surface area contributed by atoms with Crippen molar-refractivity contribution < 1.29 is 0 Å². The van der Waals surface area contributed by atoms with E-state index in [1.165, 1.54) is 15.3 Å². The Balaban J connectivity index is 2.44. The van der Waals surface area contributed by atoms with E-state index in [4.69, 9.17) is 0 Å². The maximum atomic E-state index is 3.58. The van der Waals surface area contributed by atoms with E-state index in [1.54, 1.807) is 0 Å². The van der Waals surface area contributed by atoms with Crippen LogP contribution >= 0.6 is 11.3 Å². The lowest BCUT2D eigenvalue weighted by Gasteiger charge is -2.28. The lowest BCUT2D eigenvalue weighted by molar-refractivity contribution is 0.224. The Hall–Kier alpha value is -0.380. The minimum atomic E-state index is 0.607. The van der Waals surface area contributed by atoms with Gasteiger partial charge >= 0.3 is 0 Å². The van der Waals surface area contributed by atoms with Crippen molar-refractivity contribution in [2.24, 2.45) is 5.92 Å². The predicted molar refractivity (Wildman–Crippen MR) is 77.8 cm³/mol. The van der Waals surface area contributed by atoms with Gasteiger partial charge in [-0.1, -0.05) is 13.8 Å². The number of nitrogens with one attached hydrogen (secondary N) is 1. The van der Waals surface area contributed by atoms with Gasteiger partial charge in [0.15, 0.2) is 0 Å². The lowest BCUT2D eigenvalue weighted by Crippen LogP contribution is -2.41. The summed E-state index contributed by atoms with van der Waals surface area (Å²) in [6.45, 7) is 11.0. The van der Waals surface area contributed by atoms with Gasteiger partial charge in [-0.05, 0) is 45.5 Å². The zero-order chi connectivity index (χ0) is 13.0. The van der Waals surface area contributed by atoms with Gasteiger partial charge in [0.25, 0.3) is 0 Å². The van der Waals surface area contributed by atoms with Crippen molar-refractivity contribution >= 4 is 11.3 Å². The van der Waals surface area contributed by atoms with E-state index < -0.39 is 0 Å². The van der Waals surface area contributed by atoms with E-state index in [0.717, 1.165) is 13.1 Å². The highest BCUT2D eigenvalue weighted by atomic mass is 32.1. The summed E-state index contributed by atoms with van der Waals surface area (Å²) in [5.41, 5.74) is 1.45. The molecule has 0 bridgehead atoms. The van der Waals surface area contributed by atoms with E-state index in [1.807, 2.05) is 11.3 Å². The third-order valence-corrected chi connectivity index (χ3v) is 4.25. The van der Waals surface area contributed by atoms with Crippen molar-refractivity contribution in [2.45, 2.75) is 40.3 Å². The summed E-state index contributed by atoms with van der Waals surface area (Å²) in [6, 6.07) is 2.91. The van der Waals surface area contributed by atoms with Crippen LogP contribution < -0.4 is 5.32 Å². The number of aryl methyl sites for hydroxylation is 2. The molecule has 1 unspecified atom stereocenters. The molecular weight excluding hydrogens is 228 g/mol. The van der Waals surface area contributed by atoms with Gasteiger partial charge in [-0.3, -0.25) is 0 Å². The van der Waals surface area contributed by atoms with Crippen molar-refractivity contribution in [1.82, 2.24) is 10.2 Å². The van der Waals surface area contributed by atoms with Crippen molar-refractivity contribution in [3.63, 3.8) is 0 Å². The summed E-state index contributed by atoms with van der Waals surface area (Å²) in [5.74, 6) is 0.683. The molecule has 0 spiro atoms. The largest absolute Gasteiger partial charge is 0.311 e. The molecule has 0 aliphatic heterocycles. The lowest BCUT2D eigenvalue weighted by atomic mass is 10.0. The van der Waals surface area contributed by atoms with E-state index >= 15 is 0 Å². The number of hydrogen-bond acceptors (Lipinski definition) is 3. The molecule has 1 rings (SSSR count). The van der Waals surface area contributed by atoms with Gasteiger partial charge in [-0.2, -0.15) is 0 Å². The molecule has 0 amide bonds. The first-order valence-corrected chi connectivity index (χ1v) is 7.16. The van der Waals surface area contributed by atoms with E-state index in [0.29, 0.717) is 12.0 Å². The Morgan fingerprint density at radius 3 is 2.35 bits per heavy atom. The van der Waals surface area contributed by atoms with Crippen LogP contribution in [0.2, 0.25) is 0 Å². The molecule has 0 saturated heterocycles. The Morgan fingerprint density at radius 1 is 1.29 bits per heavy atom. The van der Waals surface area contributed by atoms with Crippen LogP contribution in [0.3, 0.4) is 0 Å². The van der Waals surface area contributed by atoms with Gasteiger partial charge in [0.05, 0.1) is 0 Å². The highest BCUT2D eigenvalue weighted by Crippen LogP contribution is 2.20. The first-order valence-electron chi connectivity index (χ1n) is 6.35. The van der Waals surface area contributed by atoms with Crippen LogP contribution in [-0.4, -0.2) is 31.6 Å². The molecule has 1 N–H and O–H groups in total. The molecule has 1 aromatic rings. The summed E-state index contributed by atoms with van der Waals surface area (Å²) in [5, 5.41) is 3.58. The van der Waals surface area contributed by atoms with Crippen molar-refractivity contribution in [3.05, 3.63) is 21.4 Å². The summed E-state index contributed by atoms with van der Waals surface area (Å²) in [7, 11) is 4.32. The number of likely N-dealkylation sites (N-methyl/N-ethyl adjacent to an activating group) is 1. The summed E-state index contributed by atoms with van der Waals surface area (Å²) < 4.78 is 0. The van der Waals surface area contributed by atoms with Crippen LogP contribution in [0.25, 0.3) is 0 Å². The Labute approximate surface area is 110 Å². The summed E-state index contributed by atoms with van der Waals surface area (Å²) in [4.78, 5) is 5.16. The Bertz CT molecular complexity index is 334. The van der Waals surface area contributed by atoms with Crippen molar-refractivity contribution in [1.29, 1.82) is 0 Å². The van der Waals surface area contributed by atoms with Crippen molar-refractivity contribution in [2.75, 3.05) is 20.6 Å². The maximum absolute atomic E-state index is 3.58. The van der Waals surface area contributed by atoms with Crippen LogP contribution in [0.5, 0.6) is 0 Å². The number of thiophene rings is 1. The minimum absolute atomic E-state index is 0.607. The fourth-order valence-electron chi connectivity index (χ4n) is 2.23. The molecule has 0 radical (unpaired) electrons. The molecule has 0 fully saturated rings. The van der Waals surface area contributed by atoms with Crippen LogP contribution in [0.1, 0.15) is 29.2 Å². The highest BCUT2D eigenvalue weighted by Gasteiger charge is 2.15. The molecule has 1 atom stereocenters. The van der Waals surface area contributed by atoms with Gasteiger partial charge in [-0.25, -0.2) is 0 Å². The molecule has 98 valence electrons. The van der Waals surface area contributed by atoms with Crippen LogP contribution in [-0.2, 0) is 6.54 Å². The average Bonchev–Trinajstić information content (AvgIpc) is 2.51. The van der Waals surface area contributed by atoms with Gasteiger partial charge in [0.2, 0.25) is 0 Å². The second kappa shape index (κ2) is 6.53. The zero-order valence-electron chi connectivity index (χ0n) is 12.0. The molecule has 0 aliphatic carbocycles. The molecule has 0 saturated carbocycles. The van der Waals surface area contributed by atoms with Gasteiger partial charge in [0, 0.05) is 28.9 Å². The second-order valence-electron chi connectivity index (χ2n) is 5.34. The monoisotopic (exact) mass is 254 g/mol. The van der Waals surface area contributed by atoms with Gasteiger partial charge < -0.3 is 10.2 Å². The predicted octanol–water partition coefficient (Wildman–Crippen LogP) is 3.04. The van der Waals surface area contributed by atoms with Crippen molar-refractivity contribution in [3.8, 4) is 0 Å². The SMILES string of the molecule is Cc1cc(CNCC(C(C)C)N(C)C)c(C)s1. The molecule has 0 aromatic carbocycles. The van der Waals surface area contributed by atoms with E-state index in [-0.39, 0.29) is 0 Å². The molecule has 2 nitrogen and oxygen atoms in total. The second-order valence-corrected chi connectivity index (χ2v) is 6.80. The Morgan fingerprint density at radius 2 is 1.94 bits per heavy atom.